The number of esters is 1. The number of aromatic nitrogens is 1. The minimum absolute atomic E-state index is 0.0000119. The van der Waals surface area contributed by atoms with Crippen molar-refractivity contribution in [1.82, 2.24) is 14.8 Å². The van der Waals surface area contributed by atoms with E-state index in [1.165, 1.54) is 0 Å². The van der Waals surface area contributed by atoms with Gasteiger partial charge in [-0.15, -0.1) is 0 Å². The number of rotatable bonds is 6. The number of fused-ring (bicyclic) bond motifs is 6. The van der Waals surface area contributed by atoms with Gasteiger partial charge in [-0.25, -0.2) is 0 Å². The summed E-state index contributed by atoms with van der Waals surface area (Å²) in [5, 5.41) is 35.8. The van der Waals surface area contributed by atoms with Crippen molar-refractivity contribution in [2.24, 2.45) is 17.8 Å². The van der Waals surface area contributed by atoms with Crippen molar-refractivity contribution in [2.75, 3.05) is 33.9 Å². The maximum atomic E-state index is 13.9. The summed E-state index contributed by atoms with van der Waals surface area (Å²) < 4.78 is 32.4. The van der Waals surface area contributed by atoms with Crippen LogP contribution in [0.5, 0.6) is 0 Å². The molecule has 51 heavy (non-hydrogen) atoms. The van der Waals surface area contributed by atoms with Crippen molar-refractivity contribution in [3.05, 3.63) is 42.2 Å². The van der Waals surface area contributed by atoms with Gasteiger partial charge in [0.2, 0.25) is 0 Å². The third-order valence-corrected chi connectivity index (χ3v) is 11.4. The quantitative estimate of drug-likeness (QED) is 0.292. The molecule has 290 valence electrons. The number of pyridine rings is 1. The number of likely N-dealkylation sites (N-methyl/N-ethyl adjacent to an activating group) is 1. The van der Waals surface area contributed by atoms with Crippen molar-refractivity contribution in [2.45, 2.75) is 147 Å². The molecule has 0 saturated carbocycles. The smallest absolute Gasteiger partial charge is 0.311 e. The van der Waals surface area contributed by atoms with Crippen LogP contribution in [-0.4, -0.2) is 136 Å². The molecule has 0 spiro atoms. The van der Waals surface area contributed by atoms with Gasteiger partial charge >= 0.3 is 5.97 Å². The second kappa shape index (κ2) is 17.9. The van der Waals surface area contributed by atoms with Crippen molar-refractivity contribution in [1.29, 1.82) is 0 Å². The van der Waals surface area contributed by atoms with Crippen LogP contribution in [-0.2, 0) is 35.0 Å². The molecule has 0 aromatic carbocycles. The van der Waals surface area contributed by atoms with Crippen LogP contribution in [0.15, 0.2) is 36.5 Å². The summed E-state index contributed by atoms with van der Waals surface area (Å²) in [5.41, 5.74) is -1.74. The monoisotopic (exact) mass is 719 g/mol. The summed E-state index contributed by atoms with van der Waals surface area (Å²) in [6.07, 6.45) is 1.11. The zero-order valence-corrected chi connectivity index (χ0v) is 32.5. The predicted octanol–water partition coefficient (Wildman–Crippen LogP) is 3.56. The topological polar surface area (TPSA) is 143 Å². The van der Waals surface area contributed by atoms with Crippen LogP contribution in [0, 0.1) is 17.8 Å². The van der Waals surface area contributed by atoms with Gasteiger partial charge < -0.3 is 43.9 Å². The molecule has 2 fully saturated rings. The highest BCUT2D eigenvalue weighted by Gasteiger charge is 2.51. The molecule has 0 aliphatic carbocycles. The lowest BCUT2D eigenvalue weighted by Crippen LogP contribution is -2.60. The first kappa shape index (κ1) is 41.8. The molecule has 12 nitrogen and oxygen atoms in total. The molecule has 2 bridgehead atoms. The summed E-state index contributed by atoms with van der Waals surface area (Å²) in [6.45, 7) is 16.6. The van der Waals surface area contributed by atoms with Gasteiger partial charge in [0.25, 0.3) is 0 Å². The van der Waals surface area contributed by atoms with Gasteiger partial charge in [0.05, 0.1) is 48.7 Å². The van der Waals surface area contributed by atoms with Crippen LogP contribution in [0.4, 0.5) is 0 Å². The summed E-state index contributed by atoms with van der Waals surface area (Å²) in [7, 11) is 3.85. The maximum Gasteiger partial charge on any atom is 0.311 e. The van der Waals surface area contributed by atoms with Crippen molar-refractivity contribution < 1.29 is 43.8 Å². The number of hydrogen-bond acceptors (Lipinski definition) is 12. The van der Waals surface area contributed by atoms with E-state index in [0.29, 0.717) is 32.4 Å². The fourth-order valence-corrected chi connectivity index (χ4v) is 8.45. The second-order valence-electron chi connectivity index (χ2n) is 16.0. The Morgan fingerprint density at radius 1 is 1.06 bits per heavy atom. The SMILES string of the molecule is CC[C@H]1OC(=O)C(C)C(O)[C@H](C)[C@@H](O[C@@H]2O[C@H](C)C[C@H](N(C)C)[C@H]2O)[C@@]2(C)C[C@@H](C)CN(Cc3ccccn3)[C@H](C)[C@@H](OC/C=C\CO2)[C@]1(C)O. The Balaban J connectivity index is 1.87. The second-order valence-corrected chi connectivity index (χ2v) is 16.0. The fraction of sp³-hybridized carbons (Fsp3) is 0.795. The van der Waals surface area contributed by atoms with E-state index in [1.54, 1.807) is 20.0 Å². The average molecular weight is 720 g/mol. The highest BCUT2D eigenvalue weighted by molar-refractivity contribution is 5.73. The third kappa shape index (κ3) is 9.96. The van der Waals surface area contributed by atoms with Gasteiger partial charge in [-0.1, -0.05) is 39.0 Å². The van der Waals surface area contributed by atoms with E-state index in [1.807, 2.05) is 84.0 Å². The largest absolute Gasteiger partial charge is 0.459 e. The van der Waals surface area contributed by atoms with Crippen molar-refractivity contribution in [3.63, 3.8) is 0 Å². The molecule has 14 atom stereocenters. The van der Waals surface area contributed by atoms with Crippen LogP contribution in [0.1, 0.15) is 80.3 Å². The van der Waals surface area contributed by atoms with Gasteiger partial charge in [-0.3, -0.25) is 14.7 Å². The van der Waals surface area contributed by atoms with Gasteiger partial charge in [0.1, 0.15) is 23.9 Å². The number of carbonyl (C=O) groups is 1. The normalized spacial score (nSPS) is 43.2. The first-order valence-corrected chi connectivity index (χ1v) is 18.8. The van der Waals surface area contributed by atoms with Crippen LogP contribution < -0.4 is 0 Å². The summed E-state index contributed by atoms with van der Waals surface area (Å²) >= 11 is 0. The number of carbonyl (C=O) groups excluding carboxylic acids is 1. The van der Waals surface area contributed by atoms with E-state index in [0.717, 1.165) is 5.69 Å². The molecular formula is C39H65N3O9. The Bertz CT molecular complexity index is 1270. The molecule has 2 saturated heterocycles. The molecular weight excluding hydrogens is 654 g/mol. The van der Waals surface area contributed by atoms with Crippen molar-refractivity contribution in [3.8, 4) is 0 Å². The molecule has 1 aromatic rings. The lowest BCUT2D eigenvalue weighted by atomic mass is 9.77. The minimum Gasteiger partial charge on any atom is -0.459 e. The maximum absolute atomic E-state index is 13.9. The molecule has 3 N–H and O–H groups in total. The Morgan fingerprint density at radius 2 is 1.76 bits per heavy atom. The molecule has 3 aliphatic rings. The molecule has 4 heterocycles. The van der Waals surface area contributed by atoms with Crippen LogP contribution in [0.3, 0.4) is 0 Å². The molecule has 3 aliphatic heterocycles. The van der Waals surface area contributed by atoms with E-state index in [4.69, 9.17) is 23.7 Å². The number of nitrogens with zero attached hydrogens (tertiary/aromatic N) is 3. The highest BCUT2D eigenvalue weighted by atomic mass is 16.7. The molecule has 1 aromatic heterocycles. The van der Waals surface area contributed by atoms with Gasteiger partial charge in [0, 0.05) is 37.3 Å². The summed E-state index contributed by atoms with van der Waals surface area (Å²) in [4.78, 5) is 22.7. The van der Waals surface area contributed by atoms with E-state index in [-0.39, 0.29) is 37.3 Å². The lowest BCUT2D eigenvalue weighted by molar-refractivity contribution is -0.303. The number of aliphatic hydroxyl groups excluding tert-OH is 2. The van der Waals surface area contributed by atoms with Gasteiger partial charge in [-0.2, -0.15) is 0 Å². The number of hydrogen-bond donors (Lipinski definition) is 3. The zero-order chi connectivity index (χ0) is 37.7. The molecule has 0 amide bonds. The highest BCUT2D eigenvalue weighted by Crippen LogP contribution is 2.39. The molecule has 12 heteroatoms. The van der Waals surface area contributed by atoms with Crippen LogP contribution >= 0.6 is 0 Å². The first-order chi connectivity index (χ1) is 24.0. The fourth-order valence-electron chi connectivity index (χ4n) is 8.45. The Hall–Kier alpha value is -2.00. The lowest BCUT2D eigenvalue weighted by Gasteiger charge is -2.48. The van der Waals surface area contributed by atoms with Gasteiger partial charge in [0.15, 0.2) is 6.29 Å². The standard InChI is InChI=1S/C39H65N3O9/c1-11-31-39(8,46)35-28(6)42(23-29-16-12-13-17-40-29)22-24(2)21-38(7,48-19-15-14-18-47-35)34(26(4)32(43)27(5)36(45)50-31)51-37-33(44)30(41(9)10)20-25(3)49-37/h12-17,24-28,30-35,37,43-44,46H,11,18-23H2,1-10H3/b15-14-/t24-,25-,26+,27?,28-,30+,31-,32?,33-,34-,35-,37+,38-,39-/m1/s1. The molecule has 2 unspecified atom stereocenters. The summed E-state index contributed by atoms with van der Waals surface area (Å²) in [6, 6.07) is 5.27. The van der Waals surface area contributed by atoms with E-state index < -0.39 is 65.8 Å². The number of aliphatic hydroxyl groups is 3. The first-order valence-electron chi connectivity index (χ1n) is 18.8. The molecule has 0 radical (unpaired) electrons. The average Bonchev–Trinajstić information content (AvgIpc) is 3.08. The Kier molecular flexibility index (Phi) is 14.6. The van der Waals surface area contributed by atoms with Crippen molar-refractivity contribution >= 4 is 5.97 Å². The van der Waals surface area contributed by atoms with Crippen LogP contribution in [0.25, 0.3) is 0 Å². The van der Waals surface area contributed by atoms with E-state index >= 15 is 0 Å². The molecule has 4 rings (SSSR count). The zero-order valence-electron chi connectivity index (χ0n) is 32.5. The third-order valence-electron chi connectivity index (χ3n) is 11.4. The van der Waals surface area contributed by atoms with Gasteiger partial charge in [-0.05, 0) is 86.0 Å². The number of cyclic esters (lactones) is 1. The summed E-state index contributed by atoms with van der Waals surface area (Å²) in [5.74, 6) is -2.28. The minimum atomic E-state index is -1.59. The number of ether oxygens (including phenoxy) is 5. The Morgan fingerprint density at radius 3 is 2.41 bits per heavy atom. The Labute approximate surface area is 305 Å². The van der Waals surface area contributed by atoms with E-state index in [2.05, 4.69) is 16.8 Å². The van der Waals surface area contributed by atoms with Crippen LogP contribution in [0.2, 0.25) is 0 Å². The predicted molar refractivity (Wildman–Crippen MR) is 194 cm³/mol. The van der Waals surface area contributed by atoms with E-state index in [9.17, 15) is 20.1 Å².